The summed E-state index contributed by atoms with van der Waals surface area (Å²) in [5.74, 6) is 0. The number of hydrogen-bond donors (Lipinski definition) is 0. The number of hydrogen-bond acceptors (Lipinski definition) is 0. The number of rotatable bonds is 0. The van der Waals surface area contributed by atoms with Gasteiger partial charge in [-0.2, -0.15) is 0 Å². The molecule has 0 aromatic heterocycles. The fourth-order valence-electron chi connectivity index (χ4n) is 0. The van der Waals surface area contributed by atoms with Crippen LogP contribution in [0.25, 0.3) is 0 Å². The third kappa shape index (κ3) is 278. The Labute approximate surface area is 90.5 Å². The second-order valence-electron chi connectivity index (χ2n) is 0. The fraction of sp³-hybridized carbons (Fsp3) is 0. The Morgan fingerprint density at radius 3 is 0.333 bits per heavy atom. The molecule has 0 fully saturated rings. The first kappa shape index (κ1) is 498. The average molecular weight is 313 g/mol. The van der Waals surface area contributed by atoms with E-state index in [0.29, 0.717) is 0 Å². The van der Waals surface area contributed by atoms with Crippen molar-refractivity contribution in [2.24, 2.45) is 0 Å². The summed E-state index contributed by atoms with van der Waals surface area (Å²) in [4.78, 5) is 0. The van der Waals surface area contributed by atoms with E-state index >= 15 is 0 Å². The van der Waals surface area contributed by atoms with Crippen molar-refractivity contribution in [1.82, 2.24) is 0 Å². The molecule has 14 N–H and O–H groups in total. The third-order valence-corrected chi connectivity index (χ3v) is 0. The van der Waals surface area contributed by atoms with Gasteiger partial charge in [-0.15, -0.1) is 12.4 Å². The van der Waals surface area contributed by atoms with Crippen LogP contribution in [0.5, 0.6) is 0 Å². The van der Waals surface area contributed by atoms with Gasteiger partial charge in [0.1, 0.15) is 0 Å². The molecule has 0 unspecified atom stereocenters. The summed E-state index contributed by atoms with van der Waals surface area (Å²) in [5, 5.41) is 0. The summed E-state index contributed by atoms with van der Waals surface area (Å²) < 4.78 is 0. The van der Waals surface area contributed by atoms with Gasteiger partial charge >= 0.3 is 0 Å². The molecule has 0 aliphatic carbocycles. The van der Waals surface area contributed by atoms with Gasteiger partial charge in [-0.05, 0) is 0 Å². The van der Waals surface area contributed by atoms with Crippen molar-refractivity contribution in [1.29, 1.82) is 0 Å². The molecule has 9 heteroatoms. The van der Waals surface area contributed by atoms with E-state index in [1.54, 1.807) is 0 Å². The van der Waals surface area contributed by atoms with Crippen LogP contribution >= 0.6 is 12.4 Å². The topological polar surface area (TPSA) is 220 Å². The summed E-state index contributed by atoms with van der Waals surface area (Å²) in [7, 11) is 0. The first-order valence-corrected chi connectivity index (χ1v) is 0. The van der Waals surface area contributed by atoms with Crippen molar-refractivity contribution >= 4 is 12.4 Å². The van der Waals surface area contributed by atoms with Crippen LogP contribution in [0.2, 0.25) is 0 Å². The quantitative estimate of drug-likeness (QED) is 0.408. The van der Waals surface area contributed by atoms with Crippen molar-refractivity contribution in [2.45, 2.75) is 0 Å². The van der Waals surface area contributed by atoms with Crippen LogP contribution in [0, 0.1) is 40.4 Å². The van der Waals surface area contributed by atoms with Gasteiger partial charge in [-0.3, -0.25) is 0 Å². The van der Waals surface area contributed by atoms with E-state index in [2.05, 4.69) is 0 Å². The molecule has 0 radical (unpaired) electrons. The molecule has 9 heavy (non-hydrogen) atoms. The first-order chi connectivity index (χ1) is 0. The summed E-state index contributed by atoms with van der Waals surface area (Å²) in [5.41, 5.74) is 0. The van der Waals surface area contributed by atoms with Gasteiger partial charge in [0, 0.05) is 40.4 Å². The molecule has 0 spiro atoms. The molecule has 0 aliphatic heterocycles. The van der Waals surface area contributed by atoms with Crippen LogP contribution in [-0.2, 0) is 0 Å². The van der Waals surface area contributed by atoms with Crippen molar-refractivity contribution in [2.75, 3.05) is 0 Å². The van der Waals surface area contributed by atoms with Crippen molar-refractivity contribution in [3.8, 4) is 0 Å². The molecule has 0 aromatic carbocycles. The minimum atomic E-state index is 0. The van der Waals surface area contributed by atoms with Crippen LogP contribution in [0.1, 0.15) is 0 Å². The Kier molecular flexibility index (Phi) is 19800. The van der Waals surface area contributed by atoms with Crippen LogP contribution < -0.4 is 0 Å². The van der Waals surface area contributed by atoms with Gasteiger partial charge in [0.25, 0.3) is 0 Å². The Morgan fingerprint density at radius 1 is 0.333 bits per heavy atom. The standard InChI is InChI=1S/ClH.7H2O.Sm/h1H;7*1H2;. The Morgan fingerprint density at radius 2 is 0.333 bits per heavy atom. The van der Waals surface area contributed by atoms with Gasteiger partial charge in [0.05, 0.1) is 0 Å². The summed E-state index contributed by atoms with van der Waals surface area (Å²) in [6, 6.07) is 0. The Bertz CT molecular complexity index is 8.88. The zero-order chi connectivity index (χ0) is 0. The molecule has 70 valence electrons. The Hall–Kier alpha value is 1.35. The molecular weight excluding hydrogens is 298 g/mol. The zero-order valence-corrected chi connectivity index (χ0v) is 7.75. The van der Waals surface area contributed by atoms with E-state index in [9.17, 15) is 0 Å². The second-order valence-corrected chi connectivity index (χ2v) is 0. The van der Waals surface area contributed by atoms with Crippen LogP contribution in [0.3, 0.4) is 0 Å². The van der Waals surface area contributed by atoms with E-state index in [-0.39, 0.29) is 91.1 Å². The smallest absolute Gasteiger partial charge is 0 e. The largest absolute Gasteiger partial charge is 0.412 e. The summed E-state index contributed by atoms with van der Waals surface area (Å²) >= 11 is 0. The van der Waals surface area contributed by atoms with E-state index < -0.39 is 0 Å². The average Bonchev–Trinajstić information content (AvgIpc) is 0. The van der Waals surface area contributed by atoms with Crippen molar-refractivity contribution < 1.29 is 78.7 Å². The van der Waals surface area contributed by atoms with Gasteiger partial charge in [0.15, 0.2) is 0 Å². The normalized spacial score (nSPS) is 0. The van der Waals surface area contributed by atoms with Gasteiger partial charge in [-0.1, -0.05) is 0 Å². The molecule has 0 amide bonds. The predicted octanol–water partition coefficient (Wildman–Crippen LogP) is -5.35. The van der Waals surface area contributed by atoms with Gasteiger partial charge in [-0.25, -0.2) is 0 Å². The number of halogens is 1. The maximum Gasteiger partial charge on any atom is 0 e. The van der Waals surface area contributed by atoms with E-state index in [1.165, 1.54) is 0 Å². The summed E-state index contributed by atoms with van der Waals surface area (Å²) in [6.07, 6.45) is 0. The summed E-state index contributed by atoms with van der Waals surface area (Å²) in [6.45, 7) is 0. The molecule has 0 heterocycles. The molecule has 0 saturated carbocycles. The molecule has 7 nitrogen and oxygen atoms in total. The monoisotopic (exact) mass is 314 g/mol. The third-order valence-electron chi connectivity index (χ3n) is 0. The van der Waals surface area contributed by atoms with Crippen molar-refractivity contribution in [3.05, 3.63) is 0 Å². The SMILES string of the molecule is Cl.O.O.O.O.O.O.O.[Sm]. The zero-order valence-electron chi connectivity index (χ0n) is 4.32. The predicted molar refractivity (Wildman–Crippen MR) is 32.5 cm³/mol. The van der Waals surface area contributed by atoms with E-state index in [0.717, 1.165) is 0 Å². The van der Waals surface area contributed by atoms with Crippen molar-refractivity contribution in [3.63, 3.8) is 0 Å². The van der Waals surface area contributed by atoms with E-state index in [1.807, 2.05) is 0 Å². The van der Waals surface area contributed by atoms with Gasteiger partial charge < -0.3 is 38.3 Å². The fourth-order valence-corrected chi connectivity index (χ4v) is 0. The first-order valence-electron chi connectivity index (χ1n) is 0. The molecule has 0 aliphatic rings. The molecule has 0 saturated heterocycles. The van der Waals surface area contributed by atoms with Crippen LogP contribution in [-0.4, -0.2) is 38.3 Å². The minimum Gasteiger partial charge on any atom is -0.412 e. The minimum absolute atomic E-state index is 0. The van der Waals surface area contributed by atoms with Crippen LogP contribution in [0.15, 0.2) is 0 Å². The molecule has 0 atom stereocenters. The molecular formula is H15ClO7Sm. The molecule has 0 rings (SSSR count). The molecule has 0 aromatic rings. The van der Waals surface area contributed by atoms with Gasteiger partial charge in [0.2, 0.25) is 0 Å². The maximum absolute atomic E-state index is 0. The maximum atomic E-state index is 0. The Balaban J connectivity index is 0. The molecule has 0 bridgehead atoms. The van der Waals surface area contributed by atoms with E-state index in [4.69, 9.17) is 0 Å². The second kappa shape index (κ2) is 359. The van der Waals surface area contributed by atoms with Crippen LogP contribution in [0.4, 0.5) is 0 Å².